The molecule has 0 unspecified atom stereocenters. The first-order valence-electron chi connectivity index (χ1n) is 11.8. The van der Waals surface area contributed by atoms with Gasteiger partial charge in [0.1, 0.15) is 5.82 Å². The molecule has 0 saturated carbocycles. The number of fused-ring (bicyclic) bond motifs is 2. The second-order valence-corrected chi connectivity index (χ2v) is 9.92. The van der Waals surface area contributed by atoms with Crippen LogP contribution in [0.15, 0.2) is 107 Å². The molecule has 2 aromatic heterocycles. The number of nitrogens with one attached hydrogen (secondary N) is 2. The minimum absolute atomic E-state index is 0.0731. The summed E-state index contributed by atoms with van der Waals surface area (Å²) in [5.41, 5.74) is 4.45. The number of imidazole rings is 1. The lowest BCUT2D eigenvalue weighted by Gasteiger charge is -2.13. The number of carbonyl (C=O) groups excluding carboxylic acids is 1. The van der Waals surface area contributed by atoms with E-state index >= 15 is 0 Å². The Bertz CT molecular complexity index is 1810. The number of carbonyl (C=O) groups is 1. The fraction of sp³-hybridized carbons (Fsp3) is 0.0345. The second-order valence-electron chi connectivity index (χ2n) is 8.55. The number of para-hydroxylation sites is 3. The zero-order valence-corrected chi connectivity index (χ0v) is 21.5. The predicted molar refractivity (Wildman–Crippen MR) is 153 cm³/mol. The Balaban J connectivity index is 1.21. The first kappa shape index (κ1) is 24.0. The third-order valence-electron chi connectivity index (χ3n) is 5.99. The highest BCUT2D eigenvalue weighted by molar-refractivity contribution is 7.99. The van der Waals surface area contributed by atoms with Crippen LogP contribution in [0.5, 0.6) is 0 Å². The largest absolute Gasteiger partial charge is 0.338 e. The average Bonchev–Trinajstić information content (AvgIpc) is 3.38. The van der Waals surface area contributed by atoms with Gasteiger partial charge in [0.25, 0.3) is 5.56 Å². The van der Waals surface area contributed by atoms with Crippen molar-refractivity contribution in [2.24, 2.45) is 0 Å². The molecule has 0 atom stereocenters. The quantitative estimate of drug-likeness (QED) is 0.192. The molecule has 186 valence electrons. The van der Waals surface area contributed by atoms with Crippen molar-refractivity contribution in [2.45, 2.75) is 5.16 Å². The number of aromatic amines is 1. The number of benzene rings is 4. The van der Waals surface area contributed by atoms with Crippen molar-refractivity contribution in [3.8, 4) is 17.1 Å². The van der Waals surface area contributed by atoms with Crippen LogP contribution in [0.25, 0.3) is 39.0 Å². The van der Waals surface area contributed by atoms with Crippen LogP contribution in [0.4, 0.5) is 5.69 Å². The van der Waals surface area contributed by atoms with E-state index in [1.165, 1.54) is 16.3 Å². The summed E-state index contributed by atoms with van der Waals surface area (Å²) < 4.78 is 1.51. The van der Waals surface area contributed by atoms with Gasteiger partial charge in [-0.15, -0.1) is 0 Å². The van der Waals surface area contributed by atoms with Crippen molar-refractivity contribution < 1.29 is 4.79 Å². The molecule has 4 aromatic carbocycles. The van der Waals surface area contributed by atoms with Crippen molar-refractivity contribution in [1.82, 2.24) is 19.5 Å². The van der Waals surface area contributed by atoms with Crippen LogP contribution in [0.1, 0.15) is 0 Å². The molecule has 0 aliphatic carbocycles. The zero-order valence-electron chi connectivity index (χ0n) is 19.9. The van der Waals surface area contributed by atoms with E-state index < -0.39 is 0 Å². The van der Waals surface area contributed by atoms with E-state index in [9.17, 15) is 9.59 Å². The number of thioether (sulfide) groups is 1. The lowest BCUT2D eigenvalue weighted by atomic mass is 10.2. The van der Waals surface area contributed by atoms with Crippen LogP contribution in [-0.2, 0) is 4.79 Å². The monoisotopic (exact) mass is 537 g/mol. The summed E-state index contributed by atoms with van der Waals surface area (Å²) in [6, 6.07) is 29.4. The van der Waals surface area contributed by atoms with Crippen LogP contribution >= 0.6 is 23.4 Å². The zero-order chi connectivity index (χ0) is 26.1. The number of halogens is 1. The number of hydrogen-bond acceptors (Lipinski definition) is 5. The molecule has 0 saturated heterocycles. The van der Waals surface area contributed by atoms with E-state index in [2.05, 4.69) is 20.3 Å². The first-order valence-corrected chi connectivity index (χ1v) is 13.2. The predicted octanol–water partition coefficient (Wildman–Crippen LogP) is 6.31. The fourth-order valence-electron chi connectivity index (χ4n) is 4.16. The molecule has 0 spiro atoms. The van der Waals surface area contributed by atoms with Gasteiger partial charge in [-0.1, -0.05) is 47.6 Å². The number of amides is 1. The van der Waals surface area contributed by atoms with Gasteiger partial charge in [0.15, 0.2) is 5.16 Å². The fourth-order valence-corrected chi connectivity index (χ4v) is 5.09. The SMILES string of the molecule is O=C(CSc1nc2ccccc2c(=O)n1-c1ccc(Cl)cc1)Nc1ccc(-c2nc3ccccc3[nH]2)cc1. The molecule has 0 bridgehead atoms. The molecule has 6 rings (SSSR count). The maximum atomic E-state index is 13.3. The second kappa shape index (κ2) is 10.2. The number of anilines is 1. The maximum Gasteiger partial charge on any atom is 0.266 e. The molecule has 0 fully saturated rings. The van der Waals surface area contributed by atoms with Crippen LogP contribution in [0.2, 0.25) is 5.02 Å². The highest BCUT2D eigenvalue weighted by Gasteiger charge is 2.15. The van der Waals surface area contributed by atoms with Crippen LogP contribution < -0.4 is 10.9 Å². The number of rotatable bonds is 6. The van der Waals surface area contributed by atoms with Gasteiger partial charge in [-0.05, 0) is 72.8 Å². The Morgan fingerprint density at radius 1 is 0.868 bits per heavy atom. The Morgan fingerprint density at radius 2 is 1.58 bits per heavy atom. The minimum atomic E-state index is -0.212. The molecular weight excluding hydrogens is 518 g/mol. The van der Waals surface area contributed by atoms with E-state index in [1.54, 1.807) is 42.5 Å². The van der Waals surface area contributed by atoms with Gasteiger partial charge in [0.2, 0.25) is 5.91 Å². The van der Waals surface area contributed by atoms with Crippen LogP contribution in [-0.4, -0.2) is 31.2 Å². The van der Waals surface area contributed by atoms with Gasteiger partial charge in [-0.25, -0.2) is 9.97 Å². The summed E-state index contributed by atoms with van der Waals surface area (Å²) in [6.45, 7) is 0. The summed E-state index contributed by atoms with van der Waals surface area (Å²) in [4.78, 5) is 38.8. The Morgan fingerprint density at radius 3 is 2.34 bits per heavy atom. The topological polar surface area (TPSA) is 92.7 Å². The molecule has 38 heavy (non-hydrogen) atoms. The molecule has 0 aliphatic rings. The van der Waals surface area contributed by atoms with Gasteiger partial charge in [0, 0.05) is 16.3 Å². The average molecular weight is 538 g/mol. The Kier molecular flexibility index (Phi) is 6.41. The van der Waals surface area contributed by atoms with E-state index in [-0.39, 0.29) is 17.2 Å². The van der Waals surface area contributed by atoms with Crippen molar-refractivity contribution in [2.75, 3.05) is 11.1 Å². The number of hydrogen-bond donors (Lipinski definition) is 2. The van der Waals surface area contributed by atoms with Crippen molar-refractivity contribution in [3.63, 3.8) is 0 Å². The third-order valence-corrected chi connectivity index (χ3v) is 7.18. The van der Waals surface area contributed by atoms with Crippen molar-refractivity contribution in [3.05, 3.63) is 112 Å². The van der Waals surface area contributed by atoms with E-state index in [0.29, 0.717) is 32.5 Å². The molecule has 0 radical (unpaired) electrons. The summed E-state index contributed by atoms with van der Waals surface area (Å²) in [6.07, 6.45) is 0. The van der Waals surface area contributed by atoms with E-state index in [1.807, 2.05) is 54.6 Å². The summed E-state index contributed by atoms with van der Waals surface area (Å²) >= 11 is 7.25. The van der Waals surface area contributed by atoms with E-state index in [0.717, 1.165) is 22.4 Å². The van der Waals surface area contributed by atoms with Gasteiger partial charge < -0.3 is 10.3 Å². The minimum Gasteiger partial charge on any atom is -0.338 e. The Hall–Kier alpha value is -4.40. The standard InChI is InChI=1S/C29H20ClN5O2S/c30-19-11-15-21(16-12-19)35-28(37)22-5-1-2-6-23(22)34-29(35)38-17-26(36)31-20-13-9-18(10-14-20)27-32-24-7-3-4-8-25(24)33-27/h1-16H,17H2,(H,31,36)(H,32,33). The van der Waals surface area contributed by atoms with E-state index in [4.69, 9.17) is 11.6 Å². The summed E-state index contributed by atoms with van der Waals surface area (Å²) in [7, 11) is 0. The van der Waals surface area contributed by atoms with Crippen molar-refractivity contribution >= 4 is 56.9 Å². The number of aromatic nitrogens is 4. The molecule has 2 N–H and O–H groups in total. The number of H-pyrrole nitrogens is 1. The number of nitrogens with zero attached hydrogens (tertiary/aromatic N) is 3. The molecule has 6 aromatic rings. The molecule has 0 aliphatic heterocycles. The maximum absolute atomic E-state index is 13.3. The van der Waals surface area contributed by atoms with Gasteiger partial charge >= 0.3 is 0 Å². The normalized spacial score (nSPS) is 11.2. The highest BCUT2D eigenvalue weighted by Crippen LogP contribution is 2.24. The summed E-state index contributed by atoms with van der Waals surface area (Å²) in [5.74, 6) is 0.627. The van der Waals surface area contributed by atoms with Gasteiger partial charge in [0.05, 0.1) is 33.4 Å². The third kappa shape index (κ3) is 4.79. The molecule has 2 heterocycles. The smallest absolute Gasteiger partial charge is 0.266 e. The summed E-state index contributed by atoms with van der Waals surface area (Å²) in [5, 5.41) is 4.40. The lowest BCUT2D eigenvalue weighted by Crippen LogP contribution is -2.22. The van der Waals surface area contributed by atoms with Crippen LogP contribution in [0.3, 0.4) is 0 Å². The highest BCUT2D eigenvalue weighted by atomic mass is 35.5. The van der Waals surface area contributed by atoms with Crippen molar-refractivity contribution in [1.29, 1.82) is 0 Å². The lowest BCUT2D eigenvalue weighted by molar-refractivity contribution is -0.113. The Labute approximate surface area is 226 Å². The molecule has 7 nitrogen and oxygen atoms in total. The molecule has 1 amide bonds. The van der Waals surface area contributed by atoms with Crippen LogP contribution in [0, 0.1) is 0 Å². The molecule has 9 heteroatoms. The first-order chi connectivity index (χ1) is 18.5. The van der Waals surface area contributed by atoms with Gasteiger partial charge in [-0.3, -0.25) is 14.2 Å². The van der Waals surface area contributed by atoms with Gasteiger partial charge in [-0.2, -0.15) is 0 Å². The molecular formula is C29H20ClN5O2S.